The molecule has 332 valence electrons. The number of benzene rings is 2. The Morgan fingerprint density at radius 2 is 1.62 bits per heavy atom. The number of halogens is 3. The number of nitrogens with one attached hydrogen (secondary N) is 3. The summed E-state index contributed by atoms with van der Waals surface area (Å²) >= 11 is 0. The lowest BCUT2D eigenvalue weighted by Gasteiger charge is -2.28. The number of aliphatic carboxylic acids is 1. The molecule has 5 N–H and O–H groups in total. The third-order valence-corrected chi connectivity index (χ3v) is 11.6. The van der Waals surface area contributed by atoms with Crippen molar-refractivity contribution in [2.24, 2.45) is 5.92 Å². The lowest BCUT2D eigenvalue weighted by atomic mass is 9.86. The summed E-state index contributed by atoms with van der Waals surface area (Å²) in [5.74, 6) is -1.77. The minimum absolute atomic E-state index is 0.191. The number of amides is 2. The molecule has 14 nitrogen and oxygen atoms in total. The van der Waals surface area contributed by atoms with Gasteiger partial charge in [-0.2, -0.15) is 18.3 Å². The van der Waals surface area contributed by atoms with Crippen LogP contribution >= 0.6 is 0 Å². The number of carbonyl (C=O) groups is 3. The van der Waals surface area contributed by atoms with Gasteiger partial charge in [-0.15, -0.1) is 0 Å². The van der Waals surface area contributed by atoms with Gasteiger partial charge in [0.1, 0.15) is 17.9 Å². The minimum atomic E-state index is -4.70. The summed E-state index contributed by atoms with van der Waals surface area (Å²) in [6, 6.07) is 16.9. The Labute approximate surface area is 361 Å². The molecule has 0 aliphatic heterocycles. The molecular formula is C46H51F3N8O6. The van der Waals surface area contributed by atoms with E-state index in [0.717, 1.165) is 104 Å². The normalized spacial score (nSPS) is 15.8. The fraction of sp³-hybridized carbons (Fsp3) is 0.391. The number of fused-ring (bicyclic) bond motifs is 2. The van der Waals surface area contributed by atoms with Crippen LogP contribution in [0.15, 0.2) is 90.1 Å². The molecule has 1 fully saturated rings. The average Bonchev–Trinajstić information content (AvgIpc) is 3.86. The summed E-state index contributed by atoms with van der Waals surface area (Å²) in [6.07, 6.45) is 8.74. The molecule has 2 amide bonds. The number of aliphatic hydroxyl groups is 1. The molecule has 1 aliphatic carbocycles. The highest BCUT2D eigenvalue weighted by Gasteiger charge is 2.33. The SMILES string of the molecule is CC(C)(O)c1cc2nn(C3CCC(CNCCCCCCn4ccc5c(C(=O)Nc6ccc(=O)n(CC(=O)O)c6)cccc54)CC3)cc2cc1NC(=O)c1cccc(C(F)(F)F)n1. The van der Waals surface area contributed by atoms with Crippen LogP contribution in [0.4, 0.5) is 24.5 Å². The second-order valence-corrected chi connectivity index (χ2v) is 16.8. The van der Waals surface area contributed by atoms with Gasteiger partial charge in [-0.3, -0.25) is 23.9 Å². The van der Waals surface area contributed by atoms with Crippen LogP contribution in [0.3, 0.4) is 0 Å². The lowest BCUT2D eigenvalue weighted by molar-refractivity contribution is -0.141. The van der Waals surface area contributed by atoms with Gasteiger partial charge < -0.3 is 35.3 Å². The van der Waals surface area contributed by atoms with Gasteiger partial charge in [0.05, 0.1) is 22.8 Å². The van der Waals surface area contributed by atoms with E-state index >= 15 is 0 Å². The van der Waals surface area contributed by atoms with Crippen LogP contribution in [-0.2, 0) is 29.7 Å². The molecule has 63 heavy (non-hydrogen) atoms. The Balaban J connectivity index is 0.837. The number of nitrogens with zero attached hydrogens (tertiary/aromatic N) is 5. The Morgan fingerprint density at radius 1 is 0.857 bits per heavy atom. The van der Waals surface area contributed by atoms with Crippen LogP contribution in [0.5, 0.6) is 0 Å². The molecular weight excluding hydrogens is 818 g/mol. The summed E-state index contributed by atoms with van der Waals surface area (Å²) in [6.45, 7) is 5.34. The Bertz CT molecular complexity index is 2670. The predicted octanol–water partition coefficient (Wildman–Crippen LogP) is 7.96. The molecule has 0 atom stereocenters. The van der Waals surface area contributed by atoms with E-state index in [9.17, 15) is 37.5 Å². The molecule has 1 aliphatic rings. The minimum Gasteiger partial charge on any atom is -0.480 e. The maximum absolute atomic E-state index is 13.2. The van der Waals surface area contributed by atoms with E-state index in [1.54, 1.807) is 32.0 Å². The number of pyridine rings is 2. The predicted molar refractivity (Wildman–Crippen MR) is 233 cm³/mol. The maximum atomic E-state index is 13.2. The number of carbonyl (C=O) groups excluding carboxylic acids is 2. The van der Waals surface area contributed by atoms with E-state index < -0.39 is 41.5 Å². The van der Waals surface area contributed by atoms with Crippen molar-refractivity contribution in [3.05, 3.63) is 118 Å². The number of hydrogen-bond donors (Lipinski definition) is 5. The quantitative estimate of drug-likeness (QED) is 0.0568. The third-order valence-electron chi connectivity index (χ3n) is 11.6. The summed E-state index contributed by atoms with van der Waals surface area (Å²) in [7, 11) is 0. The molecule has 0 bridgehead atoms. The van der Waals surface area contributed by atoms with Crippen molar-refractivity contribution in [2.75, 3.05) is 23.7 Å². The van der Waals surface area contributed by atoms with Crippen molar-refractivity contribution in [1.29, 1.82) is 0 Å². The first-order valence-corrected chi connectivity index (χ1v) is 21.2. The number of anilines is 2. The van der Waals surface area contributed by atoms with E-state index in [2.05, 4.69) is 25.5 Å². The molecule has 6 aromatic rings. The van der Waals surface area contributed by atoms with Gasteiger partial charge in [-0.05, 0) is 120 Å². The molecule has 4 heterocycles. The van der Waals surface area contributed by atoms with E-state index in [1.807, 2.05) is 35.3 Å². The van der Waals surface area contributed by atoms with Gasteiger partial charge in [-0.1, -0.05) is 25.0 Å². The first-order chi connectivity index (χ1) is 30.0. The zero-order chi connectivity index (χ0) is 44.9. The number of aryl methyl sites for hydroxylation is 1. The van der Waals surface area contributed by atoms with Crippen molar-refractivity contribution in [1.82, 2.24) is 29.2 Å². The maximum Gasteiger partial charge on any atom is 0.433 e. The molecule has 1 saturated carbocycles. The van der Waals surface area contributed by atoms with Gasteiger partial charge in [0.15, 0.2) is 0 Å². The monoisotopic (exact) mass is 868 g/mol. The summed E-state index contributed by atoms with van der Waals surface area (Å²) < 4.78 is 44.8. The summed E-state index contributed by atoms with van der Waals surface area (Å²) in [4.78, 5) is 52.8. The number of alkyl halides is 3. The number of carboxylic acid groups (broad SMARTS) is 1. The van der Waals surface area contributed by atoms with E-state index in [0.29, 0.717) is 28.2 Å². The highest BCUT2D eigenvalue weighted by Crippen LogP contribution is 2.36. The number of carboxylic acids is 1. The fourth-order valence-corrected chi connectivity index (χ4v) is 8.29. The Kier molecular flexibility index (Phi) is 13.5. The zero-order valence-corrected chi connectivity index (χ0v) is 35.1. The first-order valence-electron chi connectivity index (χ1n) is 21.2. The van der Waals surface area contributed by atoms with Gasteiger partial charge in [0, 0.05) is 64.3 Å². The van der Waals surface area contributed by atoms with Crippen LogP contribution in [0.2, 0.25) is 0 Å². The topological polar surface area (TPSA) is 185 Å². The van der Waals surface area contributed by atoms with Crippen molar-refractivity contribution in [2.45, 2.75) is 96.1 Å². The number of aromatic nitrogens is 5. The largest absolute Gasteiger partial charge is 0.480 e. The number of rotatable bonds is 17. The standard InChI is InChI=1S/C46H51F3N8O6/c1-45(2,63)35-24-37-30(23-38(35)53-44(62)36-10-8-12-40(52-36)46(47,48)49)26-57(54-37)32-16-13-29(14-17-32)25-50-20-5-3-4-6-21-55-22-19-33-34(9-7-11-39(33)55)43(61)51-31-15-18-41(58)56(27-31)28-42(59)60/h7-12,15,18-19,22-24,26-27,29,32,50,63H,3-6,13-14,16-17,20-21,25,28H2,1-2H3,(H,51,61)(H,53,62)(H,59,60). The van der Waals surface area contributed by atoms with E-state index in [4.69, 9.17) is 10.2 Å². The highest BCUT2D eigenvalue weighted by molar-refractivity contribution is 6.12. The Morgan fingerprint density at radius 3 is 2.37 bits per heavy atom. The van der Waals surface area contributed by atoms with Crippen LogP contribution in [0.1, 0.15) is 103 Å². The van der Waals surface area contributed by atoms with Crippen LogP contribution in [0, 0.1) is 5.92 Å². The van der Waals surface area contributed by atoms with Crippen molar-refractivity contribution >= 4 is 51.0 Å². The molecule has 0 unspecified atom stereocenters. The molecule has 4 aromatic heterocycles. The van der Waals surface area contributed by atoms with Crippen LogP contribution in [-0.4, -0.2) is 65.0 Å². The van der Waals surface area contributed by atoms with Gasteiger partial charge in [0.2, 0.25) is 0 Å². The van der Waals surface area contributed by atoms with Crippen LogP contribution in [0.25, 0.3) is 21.8 Å². The van der Waals surface area contributed by atoms with Gasteiger partial charge >= 0.3 is 12.1 Å². The summed E-state index contributed by atoms with van der Waals surface area (Å²) in [5, 5.41) is 35.5. The molecule has 7 rings (SSSR count). The number of unbranched alkanes of at least 4 members (excludes halogenated alkanes) is 3. The van der Waals surface area contributed by atoms with Crippen molar-refractivity contribution in [3.8, 4) is 0 Å². The third kappa shape index (κ3) is 11.0. The summed E-state index contributed by atoms with van der Waals surface area (Å²) in [5.41, 5.74) is -0.355. The molecule has 0 saturated heterocycles. The smallest absolute Gasteiger partial charge is 0.433 e. The average molecular weight is 869 g/mol. The van der Waals surface area contributed by atoms with Crippen molar-refractivity contribution in [3.63, 3.8) is 0 Å². The van der Waals surface area contributed by atoms with E-state index in [-0.39, 0.29) is 23.3 Å². The van der Waals surface area contributed by atoms with Crippen LogP contribution < -0.4 is 21.5 Å². The second-order valence-electron chi connectivity index (χ2n) is 16.8. The molecule has 0 spiro atoms. The first kappa shape index (κ1) is 44.7. The van der Waals surface area contributed by atoms with Gasteiger partial charge in [-0.25, -0.2) is 4.98 Å². The lowest BCUT2D eigenvalue weighted by Crippen LogP contribution is -2.28. The van der Waals surface area contributed by atoms with Gasteiger partial charge in [0.25, 0.3) is 17.4 Å². The number of hydrogen-bond acceptors (Lipinski definition) is 8. The van der Waals surface area contributed by atoms with E-state index in [1.165, 1.54) is 24.4 Å². The zero-order valence-electron chi connectivity index (χ0n) is 35.1. The highest BCUT2D eigenvalue weighted by atomic mass is 19.4. The second kappa shape index (κ2) is 19.0. The molecule has 17 heteroatoms. The van der Waals surface area contributed by atoms with Crippen molar-refractivity contribution < 1.29 is 37.8 Å². The molecule has 2 aromatic carbocycles. The molecule has 0 radical (unpaired) electrons. The Hall–Kier alpha value is -6.33. The fourth-order valence-electron chi connectivity index (χ4n) is 8.29.